The Labute approximate surface area is 181 Å². The number of ether oxygens (including phenoxy) is 2. The molecule has 2 aromatic rings. The van der Waals surface area contributed by atoms with Gasteiger partial charge in [-0.1, -0.05) is 18.2 Å². The topological polar surface area (TPSA) is 108 Å². The lowest BCUT2D eigenvalue weighted by Crippen LogP contribution is -2.48. The molecule has 0 radical (unpaired) electrons. The van der Waals surface area contributed by atoms with E-state index >= 15 is 0 Å². The molecule has 1 saturated heterocycles. The van der Waals surface area contributed by atoms with Gasteiger partial charge in [-0.25, -0.2) is 13.9 Å². The first kappa shape index (κ1) is 21.4. The molecular weight excluding hydrogens is 422 g/mol. The van der Waals surface area contributed by atoms with Crippen LogP contribution in [-0.2, 0) is 21.2 Å². The number of carbonyl (C=O) groups is 1. The van der Waals surface area contributed by atoms with E-state index in [1.165, 1.54) is 10.4 Å². The molecule has 0 saturated carbocycles. The highest BCUT2D eigenvalue weighted by Crippen LogP contribution is 2.33. The summed E-state index contributed by atoms with van der Waals surface area (Å²) in [6.45, 7) is 2.62. The number of sulfonamides is 1. The molecule has 1 fully saturated rings. The number of para-hydroxylation sites is 1. The molecule has 2 heterocycles. The Morgan fingerprint density at radius 1 is 1.00 bits per heavy atom. The molecule has 2 aliphatic heterocycles. The Balaban J connectivity index is 1.45. The fourth-order valence-electron chi connectivity index (χ4n) is 3.84. The highest BCUT2D eigenvalue weighted by molar-refractivity contribution is 7.89. The van der Waals surface area contributed by atoms with Crippen molar-refractivity contribution in [2.24, 2.45) is 0 Å². The van der Waals surface area contributed by atoms with Crippen molar-refractivity contribution in [3.8, 4) is 11.5 Å². The summed E-state index contributed by atoms with van der Waals surface area (Å²) in [5, 5.41) is 8.71. The van der Waals surface area contributed by atoms with Crippen molar-refractivity contribution < 1.29 is 27.9 Å². The number of anilines is 1. The third-order valence-electron chi connectivity index (χ3n) is 5.47. The second kappa shape index (κ2) is 9.13. The van der Waals surface area contributed by atoms with Crippen LogP contribution in [0.4, 0.5) is 5.69 Å². The number of nitrogens with zero attached hydrogens (tertiary/aromatic N) is 2. The number of carbonyl (C=O) groups excluding carboxylic acids is 1. The van der Waals surface area contributed by atoms with E-state index < -0.39 is 15.9 Å². The summed E-state index contributed by atoms with van der Waals surface area (Å²) < 4.78 is 38.8. The normalized spacial score (nSPS) is 16.7. The predicted molar refractivity (Wildman–Crippen MR) is 113 cm³/mol. The molecule has 166 valence electrons. The highest BCUT2D eigenvalue weighted by atomic mass is 32.2. The molecule has 2 N–H and O–H groups in total. The maximum Gasteiger partial charge on any atom is 0.243 e. The summed E-state index contributed by atoms with van der Waals surface area (Å²) in [7, 11) is -3.65. The van der Waals surface area contributed by atoms with Crippen molar-refractivity contribution in [2.45, 2.75) is 17.7 Å². The maximum absolute atomic E-state index is 13.1. The lowest BCUT2D eigenvalue weighted by Gasteiger charge is -2.36. The van der Waals surface area contributed by atoms with E-state index in [1.54, 1.807) is 17.6 Å². The third-order valence-corrected chi connectivity index (χ3v) is 7.36. The monoisotopic (exact) mass is 447 g/mol. The average Bonchev–Trinajstić information content (AvgIpc) is 2.82. The second-order valence-electron chi connectivity index (χ2n) is 7.36. The predicted octanol–water partition coefficient (Wildman–Crippen LogP) is 1.41. The van der Waals surface area contributed by atoms with Crippen LogP contribution in [0.1, 0.15) is 12.0 Å². The zero-order valence-electron chi connectivity index (χ0n) is 17.0. The van der Waals surface area contributed by atoms with E-state index in [0.717, 1.165) is 11.3 Å². The van der Waals surface area contributed by atoms with Crippen LogP contribution in [-0.4, -0.2) is 63.2 Å². The Hall–Kier alpha value is -2.82. The molecule has 4 rings (SSSR count). The Morgan fingerprint density at radius 3 is 2.45 bits per heavy atom. The quantitative estimate of drug-likeness (QED) is 0.509. The van der Waals surface area contributed by atoms with Crippen LogP contribution in [0.25, 0.3) is 0 Å². The molecule has 0 aliphatic carbocycles. The van der Waals surface area contributed by atoms with Crippen LogP contribution in [0.3, 0.4) is 0 Å². The molecule has 0 unspecified atom stereocenters. The molecule has 9 nitrogen and oxygen atoms in total. The smallest absolute Gasteiger partial charge is 0.243 e. The highest BCUT2D eigenvalue weighted by Gasteiger charge is 2.30. The number of hydrogen-bond acceptors (Lipinski definition) is 7. The lowest BCUT2D eigenvalue weighted by molar-refractivity contribution is -0.129. The number of hydroxylamine groups is 1. The van der Waals surface area contributed by atoms with E-state index in [2.05, 4.69) is 4.90 Å². The summed E-state index contributed by atoms with van der Waals surface area (Å²) >= 11 is 0. The minimum absolute atomic E-state index is 0.173. The van der Waals surface area contributed by atoms with E-state index in [9.17, 15) is 13.2 Å². The van der Waals surface area contributed by atoms with Gasteiger partial charge in [-0.05, 0) is 30.2 Å². The minimum atomic E-state index is -3.65. The van der Waals surface area contributed by atoms with Gasteiger partial charge in [0.25, 0.3) is 0 Å². The molecule has 2 aromatic carbocycles. The van der Waals surface area contributed by atoms with Crippen molar-refractivity contribution in [1.82, 2.24) is 9.79 Å². The van der Waals surface area contributed by atoms with Gasteiger partial charge in [0.1, 0.15) is 13.2 Å². The first-order valence-electron chi connectivity index (χ1n) is 10.1. The Bertz CT molecular complexity index is 1050. The summed E-state index contributed by atoms with van der Waals surface area (Å²) in [5.74, 6) is 0.568. The molecule has 2 aliphatic rings. The first-order chi connectivity index (χ1) is 15.0. The van der Waals surface area contributed by atoms with Crippen LogP contribution < -0.4 is 19.9 Å². The van der Waals surface area contributed by atoms with Gasteiger partial charge in [-0.3, -0.25) is 10.0 Å². The fourth-order valence-corrected chi connectivity index (χ4v) is 5.28. The van der Waals surface area contributed by atoms with Crippen LogP contribution >= 0.6 is 0 Å². The minimum Gasteiger partial charge on any atom is -0.486 e. The van der Waals surface area contributed by atoms with Crippen LogP contribution in [0, 0.1) is 0 Å². The van der Waals surface area contributed by atoms with Gasteiger partial charge >= 0.3 is 0 Å². The van der Waals surface area contributed by atoms with Gasteiger partial charge in [0.05, 0.1) is 4.90 Å². The Morgan fingerprint density at radius 2 is 1.71 bits per heavy atom. The van der Waals surface area contributed by atoms with Gasteiger partial charge < -0.3 is 14.4 Å². The zero-order valence-corrected chi connectivity index (χ0v) is 17.8. The molecular formula is C21H25N3O6S. The van der Waals surface area contributed by atoms with Crippen molar-refractivity contribution in [2.75, 3.05) is 44.3 Å². The van der Waals surface area contributed by atoms with E-state index in [-0.39, 0.29) is 11.3 Å². The van der Waals surface area contributed by atoms with E-state index in [4.69, 9.17) is 14.7 Å². The number of rotatable bonds is 6. The van der Waals surface area contributed by atoms with Gasteiger partial charge in [-0.2, -0.15) is 4.31 Å². The van der Waals surface area contributed by atoms with Crippen LogP contribution in [0.2, 0.25) is 0 Å². The first-order valence-corrected chi connectivity index (χ1v) is 11.6. The SMILES string of the molecule is O=C(CCc1ccccc1N1CCN(S(=O)(=O)c2ccc3c(c2)OCCO3)CC1)NO. The summed E-state index contributed by atoms with van der Waals surface area (Å²) in [4.78, 5) is 13.7. The fraction of sp³-hybridized carbons (Fsp3) is 0.381. The summed E-state index contributed by atoms with van der Waals surface area (Å²) in [6.07, 6.45) is 0.657. The van der Waals surface area contributed by atoms with Crippen molar-refractivity contribution >= 4 is 21.6 Å². The van der Waals surface area contributed by atoms with E-state index in [1.807, 2.05) is 24.3 Å². The maximum atomic E-state index is 13.1. The standard InChI is InChI=1S/C21H25N3O6S/c25-21(22-26)8-5-16-3-1-2-4-18(16)23-9-11-24(12-10-23)31(27,28)17-6-7-19-20(15-17)30-14-13-29-19/h1-4,6-7,15,26H,5,8-14H2,(H,22,25). The van der Waals surface area contributed by atoms with Crippen molar-refractivity contribution in [3.05, 3.63) is 48.0 Å². The number of aryl methyl sites for hydroxylation is 1. The molecule has 31 heavy (non-hydrogen) atoms. The molecule has 10 heteroatoms. The second-order valence-corrected chi connectivity index (χ2v) is 9.30. The number of hydrogen-bond donors (Lipinski definition) is 2. The molecule has 1 amide bonds. The third kappa shape index (κ3) is 4.60. The molecule has 0 spiro atoms. The number of amides is 1. The number of fused-ring (bicyclic) bond motifs is 1. The van der Waals surface area contributed by atoms with Gasteiger partial charge in [0.2, 0.25) is 15.9 Å². The average molecular weight is 448 g/mol. The van der Waals surface area contributed by atoms with Crippen LogP contribution in [0.5, 0.6) is 11.5 Å². The zero-order chi connectivity index (χ0) is 21.8. The Kier molecular flexibility index (Phi) is 6.30. The number of benzene rings is 2. The van der Waals surface area contributed by atoms with Gasteiger partial charge in [-0.15, -0.1) is 0 Å². The number of piperazine rings is 1. The van der Waals surface area contributed by atoms with Gasteiger partial charge in [0, 0.05) is 44.4 Å². The van der Waals surface area contributed by atoms with E-state index in [0.29, 0.717) is 57.3 Å². The van der Waals surface area contributed by atoms with Gasteiger partial charge in [0.15, 0.2) is 11.5 Å². The summed E-state index contributed by atoms with van der Waals surface area (Å²) in [5.41, 5.74) is 3.61. The summed E-state index contributed by atoms with van der Waals surface area (Å²) in [6, 6.07) is 12.4. The lowest BCUT2D eigenvalue weighted by atomic mass is 10.1. The number of nitrogens with one attached hydrogen (secondary N) is 1. The van der Waals surface area contributed by atoms with Crippen molar-refractivity contribution in [1.29, 1.82) is 0 Å². The molecule has 0 bridgehead atoms. The largest absolute Gasteiger partial charge is 0.486 e. The molecule has 0 atom stereocenters. The van der Waals surface area contributed by atoms with Crippen LogP contribution in [0.15, 0.2) is 47.4 Å². The van der Waals surface area contributed by atoms with Crippen molar-refractivity contribution in [3.63, 3.8) is 0 Å². The molecule has 0 aromatic heterocycles.